The molecule has 1 aliphatic heterocycles. The molecule has 2 bridgehead atoms. The number of rotatable bonds is 4. The summed E-state index contributed by atoms with van der Waals surface area (Å²) in [6.07, 6.45) is 9.01. The maximum absolute atomic E-state index is 3.63. The Kier molecular flexibility index (Phi) is 3.95. The number of nitrogens with one attached hydrogen (secondary N) is 1. The molecule has 0 aromatic rings. The predicted molar refractivity (Wildman–Crippen MR) is 76.7 cm³/mol. The Morgan fingerprint density at radius 1 is 1.17 bits per heavy atom. The molecule has 4 atom stereocenters. The van der Waals surface area contributed by atoms with Crippen LogP contribution in [0.15, 0.2) is 0 Å². The lowest BCUT2D eigenvalue weighted by Gasteiger charge is -2.40. The number of likely N-dealkylation sites (tertiary alicyclic amines) is 1. The molecule has 1 N–H and O–H groups in total. The van der Waals surface area contributed by atoms with Crippen molar-refractivity contribution in [3.63, 3.8) is 0 Å². The molecular weight excluding hydrogens is 220 g/mol. The molecule has 2 nitrogen and oxygen atoms in total. The molecule has 3 rings (SSSR count). The molecule has 0 spiro atoms. The Morgan fingerprint density at radius 3 is 2.72 bits per heavy atom. The van der Waals surface area contributed by atoms with Crippen LogP contribution < -0.4 is 5.32 Å². The summed E-state index contributed by atoms with van der Waals surface area (Å²) in [5.74, 6) is 3.06. The lowest BCUT2D eigenvalue weighted by Crippen LogP contribution is -2.47. The molecule has 0 radical (unpaired) electrons. The molecule has 104 valence electrons. The molecule has 0 aromatic heterocycles. The van der Waals surface area contributed by atoms with Gasteiger partial charge in [-0.25, -0.2) is 0 Å². The average Bonchev–Trinajstić information content (AvgIpc) is 2.99. The molecule has 1 saturated heterocycles. The van der Waals surface area contributed by atoms with Crippen LogP contribution in [0.1, 0.15) is 52.4 Å². The predicted octanol–water partition coefficient (Wildman–Crippen LogP) is 2.89. The summed E-state index contributed by atoms with van der Waals surface area (Å²) in [5.41, 5.74) is 0. The Balaban J connectivity index is 1.51. The Bertz CT molecular complexity index is 276. The van der Waals surface area contributed by atoms with Crippen molar-refractivity contribution in [1.82, 2.24) is 10.2 Å². The van der Waals surface area contributed by atoms with Crippen LogP contribution in [0.2, 0.25) is 0 Å². The molecule has 4 unspecified atom stereocenters. The van der Waals surface area contributed by atoms with Crippen LogP contribution in [0.3, 0.4) is 0 Å². The van der Waals surface area contributed by atoms with Crippen molar-refractivity contribution in [2.75, 3.05) is 19.6 Å². The van der Waals surface area contributed by atoms with Crippen molar-refractivity contribution in [3.05, 3.63) is 0 Å². The molecule has 3 aliphatic rings. The normalized spacial score (nSPS) is 40.8. The van der Waals surface area contributed by atoms with E-state index in [1.807, 2.05) is 0 Å². The fourth-order valence-electron chi connectivity index (χ4n) is 4.63. The van der Waals surface area contributed by atoms with Gasteiger partial charge >= 0.3 is 0 Å². The second-order valence-corrected chi connectivity index (χ2v) is 7.31. The quantitative estimate of drug-likeness (QED) is 0.825. The van der Waals surface area contributed by atoms with Gasteiger partial charge in [0.15, 0.2) is 0 Å². The van der Waals surface area contributed by atoms with Gasteiger partial charge in [-0.2, -0.15) is 0 Å². The van der Waals surface area contributed by atoms with E-state index < -0.39 is 0 Å². The largest absolute Gasteiger partial charge is 0.314 e. The van der Waals surface area contributed by atoms with Crippen LogP contribution in [0.4, 0.5) is 0 Å². The van der Waals surface area contributed by atoms with Crippen LogP contribution in [-0.2, 0) is 0 Å². The van der Waals surface area contributed by atoms with Gasteiger partial charge in [-0.15, -0.1) is 0 Å². The van der Waals surface area contributed by atoms with Crippen LogP contribution in [0, 0.1) is 17.8 Å². The third kappa shape index (κ3) is 2.75. The van der Waals surface area contributed by atoms with E-state index in [9.17, 15) is 0 Å². The molecule has 18 heavy (non-hydrogen) atoms. The number of hydrogen-bond acceptors (Lipinski definition) is 2. The summed E-state index contributed by atoms with van der Waals surface area (Å²) >= 11 is 0. The van der Waals surface area contributed by atoms with Gasteiger partial charge in [-0.05, 0) is 62.9 Å². The van der Waals surface area contributed by atoms with E-state index in [-0.39, 0.29) is 0 Å². The minimum absolute atomic E-state index is 0.642. The molecule has 0 aromatic carbocycles. The smallest absolute Gasteiger partial charge is 0.0126 e. The van der Waals surface area contributed by atoms with Crippen LogP contribution >= 0.6 is 0 Å². The van der Waals surface area contributed by atoms with E-state index in [4.69, 9.17) is 0 Å². The van der Waals surface area contributed by atoms with Gasteiger partial charge in [0.25, 0.3) is 0 Å². The standard InChI is InChI=1S/C16H30N2/c1-12(2)17-10-14-4-3-7-18(11-14)16-9-13-5-6-15(16)8-13/h12-17H,3-11H2,1-2H3. The van der Waals surface area contributed by atoms with E-state index in [1.54, 1.807) is 6.42 Å². The molecule has 2 aliphatic carbocycles. The highest BCUT2D eigenvalue weighted by Crippen LogP contribution is 2.47. The zero-order chi connectivity index (χ0) is 12.5. The van der Waals surface area contributed by atoms with Crippen LogP contribution in [0.25, 0.3) is 0 Å². The lowest BCUT2D eigenvalue weighted by atomic mass is 9.90. The summed E-state index contributed by atoms with van der Waals surface area (Å²) in [6, 6.07) is 1.61. The highest BCUT2D eigenvalue weighted by Gasteiger charge is 2.42. The SMILES string of the molecule is CC(C)NCC1CCCN(C2CC3CCC2C3)C1. The molecular formula is C16H30N2. The fourth-order valence-corrected chi connectivity index (χ4v) is 4.63. The molecule has 0 amide bonds. The Morgan fingerprint density at radius 2 is 2.06 bits per heavy atom. The number of nitrogens with zero attached hydrogens (tertiary/aromatic N) is 1. The molecule has 2 heteroatoms. The number of piperidine rings is 1. The van der Waals surface area contributed by atoms with Crippen LogP contribution in [-0.4, -0.2) is 36.6 Å². The molecule has 2 saturated carbocycles. The first-order valence-corrected chi connectivity index (χ1v) is 8.20. The van der Waals surface area contributed by atoms with E-state index in [2.05, 4.69) is 24.1 Å². The zero-order valence-electron chi connectivity index (χ0n) is 12.2. The summed E-state index contributed by atoms with van der Waals surface area (Å²) in [5, 5.41) is 3.63. The van der Waals surface area contributed by atoms with Gasteiger partial charge in [0, 0.05) is 18.6 Å². The van der Waals surface area contributed by atoms with E-state index in [1.165, 1.54) is 51.7 Å². The van der Waals surface area contributed by atoms with Crippen molar-refractivity contribution in [3.8, 4) is 0 Å². The second kappa shape index (κ2) is 5.50. The number of hydrogen-bond donors (Lipinski definition) is 1. The summed E-state index contributed by atoms with van der Waals surface area (Å²) in [6.45, 7) is 8.50. The summed E-state index contributed by atoms with van der Waals surface area (Å²) < 4.78 is 0. The first-order chi connectivity index (χ1) is 8.72. The lowest BCUT2D eigenvalue weighted by molar-refractivity contribution is 0.0877. The van der Waals surface area contributed by atoms with Crippen molar-refractivity contribution in [2.45, 2.75) is 64.5 Å². The van der Waals surface area contributed by atoms with Crippen molar-refractivity contribution >= 4 is 0 Å². The second-order valence-electron chi connectivity index (χ2n) is 7.31. The van der Waals surface area contributed by atoms with Gasteiger partial charge in [0.1, 0.15) is 0 Å². The first-order valence-electron chi connectivity index (χ1n) is 8.20. The van der Waals surface area contributed by atoms with E-state index in [0.29, 0.717) is 6.04 Å². The topological polar surface area (TPSA) is 15.3 Å². The Labute approximate surface area is 113 Å². The molecule has 1 heterocycles. The first kappa shape index (κ1) is 12.9. The van der Waals surface area contributed by atoms with Crippen molar-refractivity contribution in [1.29, 1.82) is 0 Å². The van der Waals surface area contributed by atoms with Crippen molar-refractivity contribution in [2.24, 2.45) is 17.8 Å². The fraction of sp³-hybridized carbons (Fsp3) is 1.00. The maximum Gasteiger partial charge on any atom is 0.0126 e. The maximum atomic E-state index is 3.63. The molecule has 3 fully saturated rings. The van der Waals surface area contributed by atoms with E-state index in [0.717, 1.165) is 23.8 Å². The Hall–Kier alpha value is -0.0800. The van der Waals surface area contributed by atoms with Gasteiger partial charge in [-0.1, -0.05) is 20.3 Å². The zero-order valence-corrected chi connectivity index (χ0v) is 12.2. The van der Waals surface area contributed by atoms with E-state index >= 15 is 0 Å². The minimum Gasteiger partial charge on any atom is -0.314 e. The van der Waals surface area contributed by atoms with Gasteiger partial charge in [0.05, 0.1) is 0 Å². The van der Waals surface area contributed by atoms with Gasteiger partial charge in [-0.3, -0.25) is 4.90 Å². The monoisotopic (exact) mass is 250 g/mol. The minimum atomic E-state index is 0.642. The summed E-state index contributed by atoms with van der Waals surface area (Å²) in [4.78, 5) is 2.86. The third-order valence-corrected chi connectivity index (χ3v) is 5.53. The van der Waals surface area contributed by atoms with Crippen LogP contribution in [0.5, 0.6) is 0 Å². The van der Waals surface area contributed by atoms with Crippen molar-refractivity contribution < 1.29 is 0 Å². The average molecular weight is 250 g/mol. The summed E-state index contributed by atoms with van der Waals surface area (Å²) in [7, 11) is 0. The van der Waals surface area contributed by atoms with Gasteiger partial charge < -0.3 is 5.32 Å². The highest BCUT2D eigenvalue weighted by atomic mass is 15.2. The third-order valence-electron chi connectivity index (χ3n) is 5.53. The number of fused-ring (bicyclic) bond motifs is 2. The highest BCUT2D eigenvalue weighted by molar-refractivity contribution is 4.96. The van der Waals surface area contributed by atoms with Gasteiger partial charge in [0.2, 0.25) is 0 Å².